The molecule has 1 aliphatic rings. The fraction of sp³-hybridized carbons (Fsp3) is 0.458. The van der Waals surface area contributed by atoms with Crippen LogP contribution in [0.1, 0.15) is 24.0 Å². The zero-order chi connectivity index (χ0) is 21.9. The predicted molar refractivity (Wildman–Crippen MR) is 120 cm³/mol. The van der Waals surface area contributed by atoms with Gasteiger partial charge in [-0.05, 0) is 48.2 Å². The number of benzene rings is 2. The van der Waals surface area contributed by atoms with Crippen molar-refractivity contribution in [1.29, 1.82) is 0 Å². The third-order valence-corrected chi connectivity index (χ3v) is 5.18. The Morgan fingerprint density at radius 3 is 2.65 bits per heavy atom. The van der Waals surface area contributed by atoms with E-state index in [0.717, 1.165) is 32.0 Å². The number of hydrogen-bond acceptors (Lipinski definition) is 4. The van der Waals surface area contributed by atoms with Crippen molar-refractivity contribution >= 4 is 5.96 Å². The van der Waals surface area contributed by atoms with Crippen LogP contribution in [0.5, 0.6) is 5.75 Å². The normalized spacial score (nSPS) is 15.0. The lowest BCUT2D eigenvalue weighted by molar-refractivity contribution is -0.0390. The van der Waals surface area contributed by atoms with Gasteiger partial charge in [-0.1, -0.05) is 24.3 Å². The Morgan fingerprint density at radius 1 is 1.16 bits per heavy atom. The molecule has 2 aromatic carbocycles. The third kappa shape index (κ3) is 7.84. The van der Waals surface area contributed by atoms with Crippen LogP contribution in [0.4, 0.5) is 4.39 Å². The first-order valence-corrected chi connectivity index (χ1v) is 10.7. The minimum Gasteiger partial charge on any atom is -0.492 e. The Labute approximate surface area is 184 Å². The van der Waals surface area contributed by atoms with Crippen LogP contribution in [-0.4, -0.2) is 57.4 Å². The van der Waals surface area contributed by atoms with E-state index in [2.05, 4.69) is 34.6 Å². The first-order chi connectivity index (χ1) is 15.1. The molecule has 3 rings (SSSR count). The number of rotatable bonds is 9. The minimum atomic E-state index is -0.270. The minimum absolute atomic E-state index is 0.270. The van der Waals surface area contributed by atoms with Crippen molar-refractivity contribution in [3.8, 4) is 5.75 Å². The van der Waals surface area contributed by atoms with Crippen LogP contribution in [0, 0.1) is 5.82 Å². The molecule has 0 aromatic heterocycles. The summed E-state index contributed by atoms with van der Waals surface area (Å²) < 4.78 is 30.0. The van der Waals surface area contributed by atoms with E-state index in [-0.39, 0.29) is 5.82 Å². The van der Waals surface area contributed by atoms with Crippen LogP contribution in [0.15, 0.2) is 53.5 Å². The number of nitrogens with zero attached hydrogens (tertiary/aromatic N) is 2. The van der Waals surface area contributed by atoms with E-state index in [0.29, 0.717) is 38.2 Å². The number of hydrogen-bond donors (Lipinski definition) is 1. The van der Waals surface area contributed by atoms with Crippen LogP contribution in [0.2, 0.25) is 0 Å². The summed E-state index contributed by atoms with van der Waals surface area (Å²) in [5, 5.41) is 3.39. The van der Waals surface area contributed by atoms with Gasteiger partial charge in [0.15, 0.2) is 5.96 Å². The molecule has 31 heavy (non-hydrogen) atoms. The number of ether oxygens (including phenoxy) is 3. The third-order valence-electron chi connectivity index (χ3n) is 5.18. The van der Waals surface area contributed by atoms with Crippen molar-refractivity contribution in [2.45, 2.75) is 32.1 Å². The van der Waals surface area contributed by atoms with Gasteiger partial charge in [-0.15, -0.1) is 0 Å². The van der Waals surface area contributed by atoms with E-state index < -0.39 is 0 Å². The van der Waals surface area contributed by atoms with Gasteiger partial charge < -0.3 is 24.4 Å². The highest BCUT2D eigenvalue weighted by molar-refractivity contribution is 5.79. The van der Waals surface area contributed by atoms with Gasteiger partial charge in [0, 0.05) is 33.9 Å². The van der Waals surface area contributed by atoms with E-state index >= 15 is 0 Å². The van der Waals surface area contributed by atoms with E-state index in [9.17, 15) is 4.39 Å². The largest absolute Gasteiger partial charge is 0.492 e. The van der Waals surface area contributed by atoms with Crippen molar-refractivity contribution < 1.29 is 18.6 Å². The number of aliphatic imine (C=N–C) groups is 1. The maximum atomic E-state index is 13.0. The molecule has 0 radical (unpaired) electrons. The van der Waals surface area contributed by atoms with Crippen LogP contribution >= 0.6 is 0 Å². The van der Waals surface area contributed by atoms with Gasteiger partial charge in [-0.3, -0.25) is 4.99 Å². The van der Waals surface area contributed by atoms with E-state index in [1.165, 1.54) is 23.3 Å². The molecule has 2 aromatic rings. The molecule has 0 aliphatic carbocycles. The second-order valence-corrected chi connectivity index (χ2v) is 7.57. The predicted octanol–water partition coefficient (Wildman–Crippen LogP) is 3.61. The topological polar surface area (TPSA) is 55.3 Å². The summed E-state index contributed by atoms with van der Waals surface area (Å²) in [6.07, 6.45) is 2.23. The Kier molecular flexibility index (Phi) is 9.12. The molecule has 0 unspecified atom stereocenters. The molecule has 1 saturated heterocycles. The molecular weight excluding hydrogens is 397 g/mol. The molecule has 0 bridgehead atoms. The van der Waals surface area contributed by atoms with Gasteiger partial charge in [0.25, 0.3) is 0 Å². The maximum Gasteiger partial charge on any atom is 0.193 e. The SMILES string of the molecule is CN=C(NCc1cccc(COC2CCOCC2)c1)N(C)CCOc1ccc(F)cc1. The highest BCUT2D eigenvalue weighted by Gasteiger charge is 2.14. The number of halogens is 1. The Hall–Kier alpha value is -2.64. The average Bonchev–Trinajstić information content (AvgIpc) is 2.80. The van der Waals surface area contributed by atoms with Crippen LogP contribution in [0.25, 0.3) is 0 Å². The average molecular weight is 430 g/mol. The Balaban J connectivity index is 1.42. The van der Waals surface area contributed by atoms with Crippen LogP contribution in [0.3, 0.4) is 0 Å². The first-order valence-electron chi connectivity index (χ1n) is 10.7. The van der Waals surface area contributed by atoms with Crippen molar-refractivity contribution in [2.75, 3.05) is 40.5 Å². The molecule has 1 heterocycles. The number of guanidine groups is 1. The lowest BCUT2D eigenvalue weighted by Crippen LogP contribution is -2.40. The van der Waals surface area contributed by atoms with Crippen molar-refractivity contribution in [3.63, 3.8) is 0 Å². The lowest BCUT2D eigenvalue weighted by Gasteiger charge is -2.23. The standard InChI is InChI=1S/C24H32FN3O3/c1-26-24(28(2)12-15-30-22-8-6-21(25)7-9-22)27-17-19-4-3-5-20(16-19)18-31-23-10-13-29-14-11-23/h3-9,16,23H,10-15,17-18H2,1-2H3,(H,26,27). The fourth-order valence-electron chi connectivity index (χ4n) is 3.39. The Bertz CT molecular complexity index is 823. The summed E-state index contributed by atoms with van der Waals surface area (Å²) >= 11 is 0. The molecule has 1 aliphatic heterocycles. The summed E-state index contributed by atoms with van der Waals surface area (Å²) in [6.45, 7) is 3.99. The van der Waals surface area contributed by atoms with Gasteiger partial charge in [-0.25, -0.2) is 4.39 Å². The zero-order valence-electron chi connectivity index (χ0n) is 18.4. The molecule has 168 valence electrons. The highest BCUT2D eigenvalue weighted by atomic mass is 19.1. The Morgan fingerprint density at radius 2 is 1.90 bits per heavy atom. The smallest absolute Gasteiger partial charge is 0.193 e. The summed E-state index contributed by atoms with van der Waals surface area (Å²) in [7, 11) is 3.72. The fourth-order valence-corrected chi connectivity index (χ4v) is 3.39. The molecule has 0 atom stereocenters. The van der Waals surface area contributed by atoms with Crippen molar-refractivity contribution in [1.82, 2.24) is 10.2 Å². The first kappa shape index (κ1) is 23.0. The van der Waals surface area contributed by atoms with Gasteiger partial charge in [0.2, 0.25) is 0 Å². The van der Waals surface area contributed by atoms with Gasteiger partial charge in [-0.2, -0.15) is 0 Å². The molecule has 1 N–H and O–H groups in total. The van der Waals surface area contributed by atoms with E-state index in [4.69, 9.17) is 14.2 Å². The summed E-state index contributed by atoms with van der Waals surface area (Å²) in [4.78, 5) is 6.35. The molecule has 0 spiro atoms. The highest BCUT2D eigenvalue weighted by Crippen LogP contribution is 2.14. The second-order valence-electron chi connectivity index (χ2n) is 7.57. The number of nitrogens with one attached hydrogen (secondary N) is 1. The van der Waals surface area contributed by atoms with Crippen molar-refractivity contribution in [2.24, 2.45) is 4.99 Å². The molecule has 7 heteroatoms. The maximum absolute atomic E-state index is 13.0. The summed E-state index contributed by atoms with van der Waals surface area (Å²) in [5.74, 6) is 1.16. The monoisotopic (exact) mass is 429 g/mol. The van der Waals surface area contributed by atoms with Crippen LogP contribution in [-0.2, 0) is 22.6 Å². The zero-order valence-corrected chi connectivity index (χ0v) is 18.4. The molecule has 6 nitrogen and oxygen atoms in total. The number of likely N-dealkylation sites (N-methyl/N-ethyl adjacent to an activating group) is 1. The van der Waals surface area contributed by atoms with E-state index in [1.54, 1.807) is 19.2 Å². The van der Waals surface area contributed by atoms with Crippen LogP contribution < -0.4 is 10.1 Å². The van der Waals surface area contributed by atoms with E-state index in [1.807, 2.05) is 11.9 Å². The molecule has 0 saturated carbocycles. The van der Waals surface area contributed by atoms with Gasteiger partial charge >= 0.3 is 0 Å². The summed E-state index contributed by atoms with van der Waals surface area (Å²) in [6, 6.07) is 14.4. The second kappa shape index (κ2) is 12.3. The quantitative estimate of drug-likeness (QED) is 0.488. The van der Waals surface area contributed by atoms with Crippen molar-refractivity contribution in [3.05, 3.63) is 65.5 Å². The molecular formula is C24H32FN3O3. The van der Waals surface area contributed by atoms with Gasteiger partial charge in [0.05, 0.1) is 19.3 Å². The summed E-state index contributed by atoms with van der Waals surface area (Å²) in [5.41, 5.74) is 2.34. The molecule has 0 amide bonds. The lowest BCUT2D eigenvalue weighted by atomic mass is 10.1. The molecule has 1 fully saturated rings. The van der Waals surface area contributed by atoms with Gasteiger partial charge in [0.1, 0.15) is 18.2 Å².